The van der Waals surface area contributed by atoms with E-state index in [2.05, 4.69) is 11.8 Å². The molecule has 0 aromatic heterocycles. The van der Waals surface area contributed by atoms with Crippen LogP contribution in [0.15, 0.2) is 42.5 Å². The lowest BCUT2D eigenvalue weighted by molar-refractivity contribution is -0.119. The summed E-state index contributed by atoms with van der Waals surface area (Å²) in [7, 11) is 0. The first-order chi connectivity index (χ1) is 11.1. The highest BCUT2D eigenvalue weighted by Gasteiger charge is 2.19. The maximum absolute atomic E-state index is 13.5. The summed E-state index contributed by atoms with van der Waals surface area (Å²) < 4.78 is 27.0. The lowest BCUT2D eigenvalue weighted by Crippen LogP contribution is -2.35. The summed E-state index contributed by atoms with van der Waals surface area (Å²) in [6.45, 7) is 0.726. The monoisotopic (exact) mass is 311 g/mol. The number of hydrogen-bond donors (Lipinski definition) is 0. The van der Waals surface area contributed by atoms with Gasteiger partial charge in [-0.05, 0) is 49.2 Å². The number of anilines is 1. The molecule has 1 amide bonds. The molecule has 0 bridgehead atoms. The van der Waals surface area contributed by atoms with Gasteiger partial charge in [-0.25, -0.2) is 8.78 Å². The molecule has 23 heavy (non-hydrogen) atoms. The number of carbonyl (C=O) groups is 1. The van der Waals surface area contributed by atoms with Gasteiger partial charge in [0, 0.05) is 24.2 Å². The second-order valence-corrected chi connectivity index (χ2v) is 5.40. The lowest BCUT2D eigenvalue weighted by Gasteiger charge is -2.26. The van der Waals surface area contributed by atoms with E-state index in [1.54, 1.807) is 17.0 Å². The Morgan fingerprint density at radius 1 is 0.913 bits per heavy atom. The first-order valence-electron chi connectivity index (χ1n) is 7.51. The van der Waals surface area contributed by atoms with Gasteiger partial charge in [0.05, 0.1) is 5.56 Å². The van der Waals surface area contributed by atoms with Crippen molar-refractivity contribution in [1.82, 2.24) is 0 Å². The van der Waals surface area contributed by atoms with Crippen LogP contribution in [0, 0.1) is 23.5 Å². The van der Waals surface area contributed by atoms with Gasteiger partial charge in [-0.15, -0.1) is 0 Å². The standard InChI is InChI=1S/C19H15F2NO/c20-17-4-3-5-18(21)16(17)12-9-14-7-10-15(11-8-14)22-13-2-1-6-19(22)23/h3-5,7-8,10-11H,1-2,6,13H2. The molecule has 3 rings (SSSR count). The fourth-order valence-corrected chi connectivity index (χ4v) is 2.56. The molecule has 0 radical (unpaired) electrons. The third-order valence-electron chi connectivity index (χ3n) is 3.80. The molecule has 1 saturated heterocycles. The van der Waals surface area contributed by atoms with Crippen LogP contribution in [0.4, 0.5) is 14.5 Å². The number of halogens is 2. The summed E-state index contributed by atoms with van der Waals surface area (Å²) in [6.07, 6.45) is 2.51. The Morgan fingerprint density at radius 2 is 1.61 bits per heavy atom. The minimum atomic E-state index is -0.673. The fraction of sp³-hybridized carbons (Fsp3) is 0.211. The molecule has 1 fully saturated rings. The summed E-state index contributed by atoms with van der Waals surface area (Å²) in [5, 5.41) is 0. The Hall–Kier alpha value is -2.67. The van der Waals surface area contributed by atoms with Gasteiger partial charge >= 0.3 is 0 Å². The average Bonchev–Trinajstić information content (AvgIpc) is 2.56. The summed E-state index contributed by atoms with van der Waals surface area (Å²) in [5.74, 6) is 4.06. The van der Waals surface area contributed by atoms with Crippen molar-refractivity contribution in [2.24, 2.45) is 0 Å². The molecule has 116 valence electrons. The highest BCUT2D eigenvalue weighted by molar-refractivity contribution is 5.94. The SMILES string of the molecule is O=C1CCCCN1c1ccc(C#Cc2c(F)cccc2F)cc1. The average molecular weight is 311 g/mol. The number of rotatable bonds is 1. The van der Waals surface area contributed by atoms with Crippen LogP contribution in [0.1, 0.15) is 30.4 Å². The predicted molar refractivity (Wildman–Crippen MR) is 85.0 cm³/mol. The zero-order valence-electron chi connectivity index (χ0n) is 12.5. The third kappa shape index (κ3) is 3.40. The van der Waals surface area contributed by atoms with Crippen molar-refractivity contribution in [3.63, 3.8) is 0 Å². The fourth-order valence-electron chi connectivity index (χ4n) is 2.56. The van der Waals surface area contributed by atoms with Gasteiger partial charge in [0.2, 0.25) is 5.91 Å². The van der Waals surface area contributed by atoms with Crippen molar-refractivity contribution < 1.29 is 13.6 Å². The van der Waals surface area contributed by atoms with Crippen LogP contribution in [0.3, 0.4) is 0 Å². The summed E-state index contributed by atoms with van der Waals surface area (Å²) in [5.41, 5.74) is 1.24. The van der Waals surface area contributed by atoms with Crippen LogP contribution >= 0.6 is 0 Å². The van der Waals surface area contributed by atoms with E-state index in [0.717, 1.165) is 25.1 Å². The highest BCUT2D eigenvalue weighted by atomic mass is 19.1. The number of carbonyl (C=O) groups excluding carboxylic acids is 1. The minimum Gasteiger partial charge on any atom is -0.312 e. The third-order valence-corrected chi connectivity index (χ3v) is 3.80. The lowest BCUT2D eigenvalue weighted by atomic mass is 10.1. The van der Waals surface area contributed by atoms with Gasteiger partial charge in [-0.3, -0.25) is 4.79 Å². The summed E-state index contributed by atoms with van der Waals surface area (Å²) >= 11 is 0. The molecule has 0 N–H and O–H groups in total. The molecule has 0 aliphatic carbocycles. The topological polar surface area (TPSA) is 20.3 Å². The highest BCUT2D eigenvalue weighted by Crippen LogP contribution is 2.21. The van der Waals surface area contributed by atoms with Gasteiger partial charge in [-0.1, -0.05) is 17.9 Å². The van der Waals surface area contributed by atoms with E-state index in [1.807, 2.05) is 12.1 Å². The molecule has 0 unspecified atom stereocenters. The van der Waals surface area contributed by atoms with Crippen molar-refractivity contribution in [3.05, 3.63) is 65.2 Å². The smallest absolute Gasteiger partial charge is 0.226 e. The minimum absolute atomic E-state index is 0.128. The zero-order chi connectivity index (χ0) is 16.2. The van der Waals surface area contributed by atoms with Crippen molar-refractivity contribution in [2.45, 2.75) is 19.3 Å². The van der Waals surface area contributed by atoms with E-state index in [0.29, 0.717) is 12.0 Å². The predicted octanol–water partition coefficient (Wildman–Crippen LogP) is 3.88. The molecule has 2 aromatic carbocycles. The maximum Gasteiger partial charge on any atom is 0.226 e. The zero-order valence-corrected chi connectivity index (χ0v) is 12.5. The number of nitrogens with zero attached hydrogens (tertiary/aromatic N) is 1. The first-order valence-corrected chi connectivity index (χ1v) is 7.51. The van der Waals surface area contributed by atoms with Crippen LogP contribution in [0.25, 0.3) is 0 Å². The first kappa shape index (κ1) is 15.2. The second kappa shape index (κ2) is 6.62. The second-order valence-electron chi connectivity index (χ2n) is 5.40. The van der Waals surface area contributed by atoms with E-state index in [4.69, 9.17) is 0 Å². The largest absolute Gasteiger partial charge is 0.312 e. The van der Waals surface area contributed by atoms with E-state index in [-0.39, 0.29) is 11.5 Å². The van der Waals surface area contributed by atoms with Gasteiger partial charge in [0.25, 0.3) is 0 Å². The van der Waals surface area contributed by atoms with Gasteiger partial charge in [0.1, 0.15) is 11.6 Å². The molecule has 2 aromatic rings. The Kier molecular flexibility index (Phi) is 4.38. The van der Waals surface area contributed by atoms with Gasteiger partial charge < -0.3 is 4.90 Å². The van der Waals surface area contributed by atoms with E-state index in [9.17, 15) is 13.6 Å². The van der Waals surface area contributed by atoms with Crippen molar-refractivity contribution in [1.29, 1.82) is 0 Å². The van der Waals surface area contributed by atoms with Crippen LogP contribution < -0.4 is 4.90 Å². The van der Waals surface area contributed by atoms with Crippen LogP contribution in [-0.4, -0.2) is 12.5 Å². The molecule has 0 saturated carbocycles. The van der Waals surface area contributed by atoms with Crippen molar-refractivity contribution >= 4 is 11.6 Å². The Bertz CT molecular complexity index is 767. The number of amides is 1. The number of piperidine rings is 1. The van der Waals surface area contributed by atoms with E-state index >= 15 is 0 Å². The molecular formula is C19H15F2NO. The summed E-state index contributed by atoms with van der Waals surface area (Å²) in [6, 6.07) is 10.8. The molecule has 0 spiro atoms. The van der Waals surface area contributed by atoms with E-state index < -0.39 is 11.6 Å². The molecule has 1 aliphatic rings. The Labute approximate surface area is 133 Å². The Morgan fingerprint density at radius 3 is 2.26 bits per heavy atom. The molecule has 2 nitrogen and oxygen atoms in total. The van der Waals surface area contributed by atoms with Crippen LogP contribution in [0.5, 0.6) is 0 Å². The normalized spacial score (nSPS) is 14.3. The number of hydrogen-bond acceptors (Lipinski definition) is 1. The molecular weight excluding hydrogens is 296 g/mol. The van der Waals surface area contributed by atoms with E-state index in [1.165, 1.54) is 18.2 Å². The molecule has 4 heteroatoms. The summed E-state index contributed by atoms with van der Waals surface area (Å²) in [4.78, 5) is 13.6. The maximum atomic E-state index is 13.5. The quantitative estimate of drug-likeness (QED) is 0.732. The van der Waals surface area contributed by atoms with Crippen molar-refractivity contribution in [3.8, 4) is 11.8 Å². The Balaban J connectivity index is 1.81. The van der Waals surface area contributed by atoms with Crippen LogP contribution in [-0.2, 0) is 4.79 Å². The number of benzene rings is 2. The van der Waals surface area contributed by atoms with Crippen LogP contribution in [0.2, 0.25) is 0 Å². The van der Waals surface area contributed by atoms with Gasteiger partial charge in [-0.2, -0.15) is 0 Å². The molecule has 0 atom stereocenters. The van der Waals surface area contributed by atoms with Crippen molar-refractivity contribution in [2.75, 3.05) is 11.4 Å². The molecule has 1 heterocycles. The van der Waals surface area contributed by atoms with Gasteiger partial charge in [0.15, 0.2) is 0 Å². The molecule has 1 aliphatic heterocycles.